The van der Waals surface area contributed by atoms with Gasteiger partial charge in [0.15, 0.2) is 6.61 Å². The zero-order valence-corrected chi connectivity index (χ0v) is 10.7. The third-order valence-corrected chi connectivity index (χ3v) is 2.92. The van der Waals surface area contributed by atoms with Crippen LogP contribution < -0.4 is 16.0 Å². The molecule has 0 radical (unpaired) electrons. The molecular formula is C11H14F4N4O. The maximum atomic E-state index is 12.9. The first-order valence-electron chi connectivity index (χ1n) is 5.99. The van der Waals surface area contributed by atoms with Crippen LogP contribution in [0.4, 0.5) is 23.4 Å². The fourth-order valence-electron chi connectivity index (χ4n) is 1.55. The minimum Gasteiger partial charge on any atom is -0.471 e. The summed E-state index contributed by atoms with van der Waals surface area (Å²) in [5.74, 6) is 1.68. The van der Waals surface area contributed by atoms with E-state index in [1.165, 1.54) is 6.92 Å². The number of ether oxygens (including phenoxy) is 1. The fraction of sp³-hybridized carbons (Fsp3) is 0.636. The van der Waals surface area contributed by atoms with Crippen LogP contribution in [0, 0.1) is 6.92 Å². The van der Waals surface area contributed by atoms with Gasteiger partial charge < -0.3 is 10.2 Å². The maximum Gasteiger partial charge on any atom is 0.340 e. The molecule has 0 aliphatic heterocycles. The van der Waals surface area contributed by atoms with Crippen molar-refractivity contribution in [3.05, 3.63) is 11.4 Å². The minimum atomic E-state index is -4.23. The predicted octanol–water partition coefficient (Wildman–Crippen LogP) is 2.23. The molecule has 2 rings (SSSR count). The van der Waals surface area contributed by atoms with Gasteiger partial charge in [0.05, 0.1) is 5.56 Å². The van der Waals surface area contributed by atoms with Gasteiger partial charge in [-0.05, 0) is 19.8 Å². The second-order valence-electron chi connectivity index (χ2n) is 4.63. The zero-order chi connectivity index (χ0) is 14.9. The van der Waals surface area contributed by atoms with E-state index in [1.807, 2.05) is 0 Å². The first-order chi connectivity index (χ1) is 9.35. The second-order valence-corrected chi connectivity index (χ2v) is 4.63. The van der Waals surface area contributed by atoms with Crippen LogP contribution in [0.3, 0.4) is 0 Å². The molecule has 0 unspecified atom stereocenters. The highest BCUT2D eigenvalue weighted by Gasteiger charge is 2.42. The van der Waals surface area contributed by atoms with Crippen molar-refractivity contribution in [1.82, 2.24) is 9.97 Å². The molecule has 1 heterocycles. The number of alkyl halides is 4. The smallest absolute Gasteiger partial charge is 0.340 e. The number of halogens is 4. The summed E-state index contributed by atoms with van der Waals surface area (Å²) in [6.07, 6.45) is -2.01. The van der Waals surface area contributed by atoms with E-state index < -0.39 is 19.0 Å². The van der Waals surface area contributed by atoms with Crippen molar-refractivity contribution < 1.29 is 22.3 Å². The fourth-order valence-corrected chi connectivity index (χ4v) is 1.55. The van der Waals surface area contributed by atoms with Gasteiger partial charge in [-0.2, -0.15) is 13.8 Å². The Balaban J connectivity index is 2.20. The topological polar surface area (TPSA) is 73.1 Å². The van der Waals surface area contributed by atoms with E-state index in [1.54, 1.807) is 0 Å². The summed E-state index contributed by atoms with van der Waals surface area (Å²) < 4.78 is 54.6. The second kappa shape index (κ2) is 5.39. The van der Waals surface area contributed by atoms with Gasteiger partial charge in [0, 0.05) is 5.92 Å². The molecule has 1 aromatic heterocycles. The summed E-state index contributed by atoms with van der Waals surface area (Å²) >= 11 is 0. The lowest BCUT2D eigenvalue weighted by Crippen LogP contribution is -2.34. The molecule has 20 heavy (non-hydrogen) atoms. The normalized spacial score (nSPS) is 15.6. The first kappa shape index (κ1) is 14.8. The van der Waals surface area contributed by atoms with Crippen molar-refractivity contribution >= 4 is 5.82 Å². The van der Waals surface area contributed by atoms with Crippen molar-refractivity contribution in [2.75, 3.05) is 12.0 Å². The van der Waals surface area contributed by atoms with E-state index >= 15 is 0 Å². The summed E-state index contributed by atoms with van der Waals surface area (Å²) in [5, 5.41) is 0. The van der Waals surface area contributed by atoms with Crippen LogP contribution in [0.5, 0.6) is 5.88 Å². The van der Waals surface area contributed by atoms with E-state index in [0.29, 0.717) is 11.4 Å². The number of nitrogen functional groups attached to an aromatic ring is 1. The third kappa shape index (κ3) is 3.09. The molecule has 0 atom stereocenters. The van der Waals surface area contributed by atoms with E-state index in [0.717, 1.165) is 12.8 Å². The number of hydrazine groups is 1. The zero-order valence-electron chi connectivity index (χ0n) is 10.7. The summed E-state index contributed by atoms with van der Waals surface area (Å²) in [4.78, 5) is 8.13. The van der Waals surface area contributed by atoms with Crippen LogP contribution >= 0.6 is 0 Å². The third-order valence-electron chi connectivity index (χ3n) is 2.92. The Hall–Kier alpha value is -1.64. The van der Waals surface area contributed by atoms with E-state index in [2.05, 4.69) is 15.4 Å². The average molecular weight is 294 g/mol. The Labute approximate surface area is 112 Å². The number of hydrogen-bond acceptors (Lipinski definition) is 5. The molecule has 0 aromatic carbocycles. The summed E-state index contributed by atoms with van der Waals surface area (Å²) in [6.45, 7) is 0.0539. The number of aromatic nitrogens is 2. The molecule has 3 N–H and O–H groups in total. The summed E-state index contributed by atoms with van der Waals surface area (Å²) in [7, 11) is 0. The van der Waals surface area contributed by atoms with Gasteiger partial charge in [-0.3, -0.25) is 0 Å². The lowest BCUT2D eigenvalue weighted by Gasteiger charge is -2.17. The van der Waals surface area contributed by atoms with Gasteiger partial charge in [0.1, 0.15) is 11.6 Å². The van der Waals surface area contributed by atoms with Gasteiger partial charge >= 0.3 is 12.3 Å². The molecule has 0 bridgehead atoms. The first-order valence-corrected chi connectivity index (χ1v) is 5.99. The van der Waals surface area contributed by atoms with Gasteiger partial charge in [-0.1, -0.05) is 0 Å². The van der Waals surface area contributed by atoms with Crippen molar-refractivity contribution in [1.29, 1.82) is 0 Å². The molecule has 5 nitrogen and oxygen atoms in total. The quantitative estimate of drug-likeness (QED) is 0.478. The van der Waals surface area contributed by atoms with Crippen LogP contribution in [-0.2, 0) is 0 Å². The number of rotatable bonds is 6. The van der Waals surface area contributed by atoms with Crippen molar-refractivity contribution in [3.63, 3.8) is 0 Å². The van der Waals surface area contributed by atoms with E-state index in [4.69, 9.17) is 10.6 Å². The molecular weight excluding hydrogens is 280 g/mol. The Morgan fingerprint density at radius 3 is 2.55 bits per heavy atom. The highest BCUT2D eigenvalue weighted by Crippen LogP contribution is 2.40. The highest BCUT2D eigenvalue weighted by molar-refractivity contribution is 5.48. The Morgan fingerprint density at radius 2 is 2.05 bits per heavy atom. The van der Waals surface area contributed by atoms with Gasteiger partial charge in [-0.25, -0.2) is 19.6 Å². The van der Waals surface area contributed by atoms with Gasteiger partial charge in [0.25, 0.3) is 0 Å². The highest BCUT2D eigenvalue weighted by atomic mass is 19.3. The standard InChI is InChI=1S/C11H14F4N4O/c1-5-7(19-16)17-8(6-2-3-6)18-9(5)20-4-11(14,15)10(12)13/h6,10H,2-4,16H2,1H3,(H,17,18,19). The molecule has 1 fully saturated rings. The van der Waals surface area contributed by atoms with Crippen LogP contribution in [0.15, 0.2) is 0 Å². The predicted molar refractivity (Wildman–Crippen MR) is 63.0 cm³/mol. The van der Waals surface area contributed by atoms with Crippen LogP contribution in [0.25, 0.3) is 0 Å². The molecule has 1 aliphatic rings. The van der Waals surface area contributed by atoms with Crippen molar-refractivity contribution in [2.24, 2.45) is 5.84 Å². The van der Waals surface area contributed by atoms with Crippen molar-refractivity contribution in [2.45, 2.75) is 38.0 Å². The van der Waals surface area contributed by atoms with E-state index in [9.17, 15) is 17.6 Å². The Bertz CT molecular complexity index is 494. The van der Waals surface area contributed by atoms with Crippen LogP contribution in [-0.4, -0.2) is 28.9 Å². The number of hydrogen-bond donors (Lipinski definition) is 2. The number of nitrogens with one attached hydrogen (secondary N) is 1. The van der Waals surface area contributed by atoms with Crippen molar-refractivity contribution in [3.8, 4) is 5.88 Å². The maximum absolute atomic E-state index is 12.9. The molecule has 9 heteroatoms. The molecule has 1 saturated carbocycles. The Morgan fingerprint density at radius 1 is 1.40 bits per heavy atom. The SMILES string of the molecule is Cc1c(NN)nc(C2CC2)nc1OCC(F)(F)C(F)F. The number of nitrogens with zero attached hydrogens (tertiary/aromatic N) is 2. The monoisotopic (exact) mass is 294 g/mol. The lowest BCUT2D eigenvalue weighted by molar-refractivity contribution is -0.148. The van der Waals surface area contributed by atoms with Crippen LogP contribution in [0.1, 0.15) is 30.1 Å². The molecule has 112 valence electrons. The molecule has 0 saturated heterocycles. The molecule has 1 aromatic rings. The average Bonchev–Trinajstić information content (AvgIpc) is 3.21. The number of anilines is 1. The Kier molecular flexibility index (Phi) is 3.98. The van der Waals surface area contributed by atoms with Gasteiger partial charge in [0.2, 0.25) is 5.88 Å². The van der Waals surface area contributed by atoms with Crippen LogP contribution in [0.2, 0.25) is 0 Å². The molecule has 1 aliphatic carbocycles. The molecule has 0 spiro atoms. The summed E-state index contributed by atoms with van der Waals surface area (Å²) in [5.41, 5.74) is 2.61. The lowest BCUT2D eigenvalue weighted by atomic mass is 10.3. The molecule has 0 amide bonds. The van der Waals surface area contributed by atoms with Gasteiger partial charge in [-0.15, -0.1) is 0 Å². The largest absolute Gasteiger partial charge is 0.471 e. The van der Waals surface area contributed by atoms with E-state index in [-0.39, 0.29) is 17.6 Å². The number of nitrogens with two attached hydrogens (primary N) is 1. The summed E-state index contributed by atoms with van der Waals surface area (Å²) in [6, 6.07) is 0. The minimum absolute atomic E-state index is 0.139.